The fourth-order valence-corrected chi connectivity index (χ4v) is 3.42. The van der Waals surface area contributed by atoms with Crippen molar-refractivity contribution in [3.8, 4) is 0 Å². The molecule has 1 atom stereocenters. The molecule has 3 heterocycles. The molecule has 1 N–H and O–H groups in total. The Kier molecular flexibility index (Phi) is 5.36. The number of ether oxygens (including phenoxy) is 1. The molecule has 1 aliphatic heterocycles. The number of nitrogens with one attached hydrogen (secondary N) is 1. The summed E-state index contributed by atoms with van der Waals surface area (Å²) in [6, 6.07) is 12.2. The summed E-state index contributed by atoms with van der Waals surface area (Å²) in [5, 5.41) is 3.43. The van der Waals surface area contributed by atoms with E-state index in [0.717, 1.165) is 16.9 Å². The minimum atomic E-state index is -0.254. The van der Waals surface area contributed by atoms with E-state index < -0.39 is 0 Å². The number of pyridine rings is 1. The van der Waals surface area contributed by atoms with Gasteiger partial charge in [0.2, 0.25) is 0 Å². The molecule has 146 valence electrons. The lowest BCUT2D eigenvalue weighted by Crippen LogP contribution is -2.41. The number of morpholine rings is 1. The van der Waals surface area contributed by atoms with Crippen LogP contribution in [-0.2, 0) is 11.3 Å². The zero-order chi connectivity index (χ0) is 19.5. The summed E-state index contributed by atoms with van der Waals surface area (Å²) < 4.78 is 20.5. The van der Waals surface area contributed by atoms with Gasteiger partial charge in [0, 0.05) is 31.9 Å². The third kappa shape index (κ3) is 3.76. The molecule has 1 aromatic carbocycles. The molecule has 3 aromatic rings. The molecule has 7 heteroatoms. The molecule has 1 saturated heterocycles. The van der Waals surface area contributed by atoms with Gasteiger partial charge in [-0.1, -0.05) is 18.2 Å². The molecule has 6 nitrogen and oxygen atoms in total. The summed E-state index contributed by atoms with van der Waals surface area (Å²) in [5.41, 5.74) is 3.01. The minimum absolute atomic E-state index is 0.00111. The first-order valence-electron chi connectivity index (χ1n) is 9.45. The standard InChI is InChI=1S/C21H23FN4O2/c1-15(16-5-7-17(22)8-6-16)23-14-18-20(21(27)25-10-12-28-13-11-25)24-19-4-2-3-9-26(18)19/h2-9,15,23H,10-14H2,1H3. The van der Waals surface area contributed by atoms with E-state index in [9.17, 15) is 9.18 Å². The first-order valence-corrected chi connectivity index (χ1v) is 9.45. The smallest absolute Gasteiger partial charge is 0.274 e. The molecular weight excluding hydrogens is 359 g/mol. The summed E-state index contributed by atoms with van der Waals surface area (Å²) in [6.07, 6.45) is 1.91. The molecule has 0 radical (unpaired) electrons. The summed E-state index contributed by atoms with van der Waals surface area (Å²) in [6.45, 7) is 4.73. The molecule has 1 fully saturated rings. The number of rotatable bonds is 5. The van der Waals surface area contributed by atoms with Gasteiger partial charge in [0.1, 0.15) is 11.5 Å². The van der Waals surface area contributed by atoms with E-state index in [1.54, 1.807) is 17.0 Å². The van der Waals surface area contributed by atoms with E-state index in [1.807, 2.05) is 35.7 Å². The van der Waals surface area contributed by atoms with Crippen molar-refractivity contribution in [2.24, 2.45) is 0 Å². The molecule has 28 heavy (non-hydrogen) atoms. The summed E-state index contributed by atoms with van der Waals surface area (Å²) in [5.74, 6) is -0.325. The summed E-state index contributed by atoms with van der Waals surface area (Å²) in [4.78, 5) is 19.4. The van der Waals surface area contributed by atoms with Gasteiger partial charge in [-0.05, 0) is 36.8 Å². The zero-order valence-electron chi connectivity index (χ0n) is 15.8. The molecule has 4 rings (SSSR count). The third-order valence-corrected chi connectivity index (χ3v) is 5.08. The monoisotopic (exact) mass is 382 g/mol. The van der Waals surface area contributed by atoms with Crippen molar-refractivity contribution < 1.29 is 13.9 Å². The topological polar surface area (TPSA) is 58.9 Å². The minimum Gasteiger partial charge on any atom is -0.378 e. The average molecular weight is 382 g/mol. The van der Waals surface area contributed by atoms with Gasteiger partial charge in [-0.3, -0.25) is 4.79 Å². The molecular formula is C21H23FN4O2. The first-order chi connectivity index (χ1) is 13.6. The lowest BCUT2D eigenvalue weighted by atomic mass is 10.1. The Balaban J connectivity index is 1.59. The van der Waals surface area contributed by atoms with E-state index >= 15 is 0 Å². The Labute approximate surface area is 162 Å². The number of halogens is 1. The van der Waals surface area contributed by atoms with Crippen LogP contribution in [0.2, 0.25) is 0 Å². The fourth-order valence-electron chi connectivity index (χ4n) is 3.42. The zero-order valence-corrected chi connectivity index (χ0v) is 15.8. The van der Waals surface area contributed by atoms with Crippen molar-refractivity contribution in [2.75, 3.05) is 26.3 Å². The predicted octanol–water partition coefficient (Wildman–Crippen LogP) is 2.80. The van der Waals surface area contributed by atoms with Crippen LogP contribution in [0, 0.1) is 5.82 Å². The van der Waals surface area contributed by atoms with Crippen LogP contribution in [0.25, 0.3) is 5.65 Å². The van der Waals surface area contributed by atoms with Crippen LogP contribution in [0.4, 0.5) is 4.39 Å². The number of nitrogens with zero attached hydrogens (tertiary/aromatic N) is 3. The molecule has 1 unspecified atom stereocenters. The number of fused-ring (bicyclic) bond motifs is 1. The van der Waals surface area contributed by atoms with Crippen molar-refractivity contribution in [1.82, 2.24) is 19.6 Å². The van der Waals surface area contributed by atoms with E-state index in [1.165, 1.54) is 12.1 Å². The van der Waals surface area contributed by atoms with Crippen molar-refractivity contribution in [2.45, 2.75) is 19.5 Å². The number of carbonyl (C=O) groups excluding carboxylic acids is 1. The third-order valence-electron chi connectivity index (χ3n) is 5.08. The normalized spacial score (nSPS) is 15.7. The second-order valence-electron chi connectivity index (χ2n) is 6.89. The fraction of sp³-hybridized carbons (Fsp3) is 0.333. The van der Waals surface area contributed by atoms with Gasteiger partial charge in [-0.2, -0.15) is 0 Å². The maximum absolute atomic E-state index is 13.2. The Hall–Kier alpha value is -2.77. The Morgan fingerprint density at radius 3 is 2.71 bits per heavy atom. The molecule has 0 saturated carbocycles. The Morgan fingerprint density at radius 2 is 1.96 bits per heavy atom. The van der Waals surface area contributed by atoms with Gasteiger partial charge in [-0.25, -0.2) is 9.37 Å². The van der Waals surface area contributed by atoms with E-state index in [2.05, 4.69) is 10.3 Å². The van der Waals surface area contributed by atoms with Crippen LogP contribution in [0.5, 0.6) is 0 Å². The largest absolute Gasteiger partial charge is 0.378 e. The molecule has 1 aliphatic rings. The Morgan fingerprint density at radius 1 is 1.21 bits per heavy atom. The number of benzene rings is 1. The van der Waals surface area contributed by atoms with Crippen LogP contribution >= 0.6 is 0 Å². The predicted molar refractivity (Wildman–Crippen MR) is 104 cm³/mol. The molecule has 1 amide bonds. The SMILES string of the molecule is CC(NCc1c(C(=O)N2CCOCC2)nc2ccccn12)c1ccc(F)cc1. The van der Waals surface area contributed by atoms with Gasteiger partial charge >= 0.3 is 0 Å². The number of imidazole rings is 1. The average Bonchev–Trinajstić information content (AvgIpc) is 3.11. The highest BCUT2D eigenvalue weighted by Gasteiger charge is 2.25. The Bertz CT molecular complexity index is 964. The second kappa shape index (κ2) is 8.08. The van der Waals surface area contributed by atoms with Crippen molar-refractivity contribution in [3.63, 3.8) is 0 Å². The first kappa shape index (κ1) is 18.6. The van der Waals surface area contributed by atoms with Crippen LogP contribution in [-0.4, -0.2) is 46.5 Å². The van der Waals surface area contributed by atoms with E-state index in [4.69, 9.17) is 4.74 Å². The maximum Gasteiger partial charge on any atom is 0.274 e. The van der Waals surface area contributed by atoms with Crippen molar-refractivity contribution in [3.05, 3.63) is 71.4 Å². The number of hydrogen-bond donors (Lipinski definition) is 1. The van der Waals surface area contributed by atoms with E-state index in [0.29, 0.717) is 38.5 Å². The van der Waals surface area contributed by atoms with E-state index in [-0.39, 0.29) is 17.8 Å². The van der Waals surface area contributed by atoms with Crippen molar-refractivity contribution >= 4 is 11.6 Å². The second-order valence-corrected chi connectivity index (χ2v) is 6.89. The number of hydrogen-bond acceptors (Lipinski definition) is 4. The van der Waals surface area contributed by atoms with Crippen molar-refractivity contribution in [1.29, 1.82) is 0 Å². The van der Waals surface area contributed by atoms with Crippen LogP contribution < -0.4 is 5.32 Å². The summed E-state index contributed by atoms with van der Waals surface area (Å²) in [7, 11) is 0. The van der Waals surface area contributed by atoms with Gasteiger partial charge < -0.3 is 19.4 Å². The van der Waals surface area contributed by atoms with Crippen LogP contribution in [0.1, 0.15) is 34.7 Å². The highest BCUT2D eigenvalue weighted by atomic mass is 19.1. The lowest BCUT2D eigenvalue weighted by Gasteiger charge is -2.26. The molecule has 0 aliphatic carbocycles. The molecule has 0 spiro atoms. The quantitative estimate of drug-likeness (QED) is 0.737. The number of aromatic nitrogens is 2. The maximum atomic E-state index is 13.2. The van der Waals surface area contributed by atoms with Gasteiger partial charge in [0.15, 0.2) is 5.69 Å². The van der Waals surface area contributed by atoms with Gasteiger partial charge in [0.25, 0.3) is 5.91 Å². The van der Waals surface area contributed by atoms with Gasteiger partial charge in [-0.15, -0.1) is 0 Å². The van der Waals surface area contributed by atoms with Crippen LogP contribution in [0.15, 0.2) is 48.7 Å². The number of carbonyl (C=O) groups is 1. The molecule has 2 aromatic heterocycles. The highest BCUT2D eigenvalue weighted by Crippen LogP contribution is 2.18. The highest BCUT2D eigenvalue weighted by molar-refractivity contribution is 5.94. The molecule has 0 bridgehead atoms. The summed E-state index contributed by atoms with van der Waals surface area (Å²) >= 11 is 0. The number of amides is 1. The van der Waals surface area contributed by atoms with Crippen LogP contribution in [0.3, 0.4) is 0 Å². The lowest BCUT2D eigenvalue weighted by molar-refractivity contribution is 0.0298. The van der Waals surface area contributed by atoms with Gasteiger partial charge in [0.05, 0.1) is 18.9 Å².